The van der Waals surface area contributed by atoms with Crippen LogP contribution in [-0.2, 0) is 23.9 Å². The van der Waals surface area contributed by atoms with E-state index < -0.39 is 59.1 Å². The predicted octanol–water partition coefficient (Wildman–Crippen LogP) is 1.77. The molecule has 0 amide bonds. The Labute approximate surface area is 188 Å². The fourth-order valence-corrected chi connectivity index (χ4v) is 4.45. The van der Waals surface area contributed by atoms with E-state index in [1.165, 1.54) is 26.8 Å². The van der Waals surface area contributed by atoms with E-state index in [-0.39, 0.29) is 17.6 Å². The third kappa shape index (κ3) is 4.72. The molecule has 8 nitrogen and oxygen atoms in total. The molecule has 8 heteroatoms. The van der Waals surface area contributed by atoms with Crippen molar-refractivity contribution in [2.24, 2.45) is 11.3 Å². The molecule has 0 spiro atoms. The molecule has 0 saturated carbocycles. The summed E-state index contributed by atoms with van der Waals surface area (Å²) in [6.07, 6.45) is -0.481. The second-order valence-corrected chi connectivity index (χ2v) is 9.52. The van der Waals surface area contributed by atoms with E-state index in [4.69, 9.17) is 9.47 Å². The van der Waals surface area contributed by atoms with Crippen molar-refractivity contribution in [1.29, 1.82) is 0 Å². The van der Waals surface area contributed by atoms with E-state index in [2.05, 4.69) is 0 Å². The molecule has 178 valence electrons. The minimum absolute atomic E-state index is 0.101. The molecule has 0 radical (unpaired) electrons. The van der Waals surface area contributed by atoms with Crippen molar-refractivity contribution >= 4 is 17.7 Å². The van der Waals surface area contributed by atoms with Gasteiger partial charge in [0.25, 0.3) is 0 Å². The van der Waals surface area contributed by atoms with Gasteiger partial charge in [0, 0.05) is 25.2 Å². The van der Waals surface area contributed by atoms with Crippen molar-refractivity contribution in [1.82, 2.24) is 0 Å². The summed E-state index contributed by atoms with van der Waals surface area (Å²) < 4.78 is 10.9. The minimum atomic E-state index is -1.81. The summed E-state index contributed by atoms with van der Waals surface area (Å²) in [6, 6.07) is 0. The van der Waals surface area contributed by atoms with Gasteiger partial charge in [0.05, 0.1) is 0 Å². The van der Waals surface area contributed by atoms with Crippen molar-refractivity contribution in [3.63, 3.8) is 0 Å². The Balaban J connectivity index is 2.75. The summed E-state index contributed by atoms with van der Waals surface area (Å²) in [6.45, 7) is 10.7. The Bertz CT molecular complexity index is 880. The first kappa shape index (κ1) is 26.0. The van der Waals surface area contributed by atoms with E-state index in [0.29, 0.717) is 5.57 Å². The van der Waals surface area contributed by atoms with Crippen molar-refractivity contribution < 1.29 is 39.2 Å². The van der Waals surface area contributed by atoms with Gasteiger partial charge in [-0.05, 0) is 43.1 Å². The van der Waals surface area contributed by atoms with Crippen LogP contribution in [0.2, 0.25) is 0 Å². The van der Waals surface area contributed by atoms with Crippen LogP contribution in [0.1, 0.15) is 54.9 Å². The number of fused-ring (bicyclic) bond motifs is 1. The normalized spacial score (nSPS) is 38.6. The van der Waals surface area contributed by atoms with Gasteiger partial charge in [-0.2, -0.15) is 0 Å². The first-order valence-corrected chi connectivity index (χ1v) is 10.7. The molecule has 2 rings (SSSR count). The van der Waals surface area contributed by atoms with Gasteiger partial charge in [0.2, 0.25) is 0 Å². The summed E-state index contributed by atoms with van der Waals surface area (Å²) in [5.41, 5.74) is -1.90. The van der Waals surface area contributed by atoms with E-state index in [9.17, 15) is 29.7 Å². The van der Waals surface area contributed by atoms with Gasteiger partial charge in [0.15, 0.2) is 17.5 Å². The highest BCUT2D eigenvalue weighted by atomic mass is 16.6. The lowest BCUT2D eigenvalue weighted by atomic mass is 9.75. The molecule has 6 atom stereocenters. The SMILES string of the molecule is CC(=O)O[C@@H]1[C@@H](O)C(=O)/C(C)=C/C2=C[C@@H](C)[C@H](O)[C@]2(OC(C)=O)[C@H](O)/C(C)=C/CC1(C)C. The number of allylic oxidation sites excluding steroid dienone is 1. The zero-order chi connectivity index (χ0) is 24.6. The average molecular weight is 451 g/mol. The van der Waals surface area contributed by atoms with Crippen molar-refractivity contribution in [2.45, 2.75) is 84.9 Å². The van der Waals surface area contributed by atoms with Crippen LogP contribution in [0.4, 0.5) is 0 Å². The Morgan fingerprint density at radius 1 is 1.09 bits per heavy atom. The molecule has 0 aromatic rings. The summed E-state index contributed by atoms with van der Waals surface area (Å²) in [4.78, 5) is 36.8. The van der Waals surface area contributed by atoms with Crippen LogP contribution in [-0.4, -0.2) is 63.1 Å². The third-order valence-electron chi connectivity index (χ3n) is 6.31. The minimum Gasteiger partial charge on any atom is -0.459 e. The van der Waals surface area contributed by atoms with Crippen molar-refractivity contribution in [2.75, 3.05) is 0 Å². The van der Waals surface area contributed by atoms with Gasteiger partial charge in [-0.1, -0.05) is 32.9 Å². The number of ether oxygens (including phenoxy) is 2. The Kier molecular flexibility index (Phi) is 7.54. The number of esters is 2. The lowest BCUT2D eigenvalue weighted by Crippen LogP contribution is -2.56. The molecule has 0 bridgehead atoms. The Morgan fingerprint density at radius 2 is 1.69 bits per heavy atom. The largest absolute Gasteiger partial charge is 0.459 e. The van der Waals surface area contributed by atoms with Crippen LogP contribution < -0.4 is 0 Å². The molecule has 0 aliphatic heterocycles. The number of rotatable bonds is 2. The fourth-order valence-electron chi connectivity index (χ4n) is 4.45. The van der Waals surface area contributed by atoms with Gasteiger partial charge in [0.1, 0.15) is 18.3 Å². The molecule has 0 saturated heterocycles. The number of carbonyl (C=O) groups is 3. The molecule has 0 fully saturated rings. The molecule has 0 unspecified atom stereocenters. The molecule has 2 aliphatic carbocycles. The molecule has 32 heavy (non-hydrogen) atoms. The third-order valence-corrected chi connectivity index (χ3v) is 6.31. The first-order chi connectivity index (χ1) is 14.6. The zero-order valence-electron chi connectivity index (χ0n) is 19.7. The standard InChI is InChI=1S/C24H34O8/c1-12-8-9-23(6,7)22(31-15(4)25)19(28)18(27)13(2)10-17-11-14(3)21(30)24(17,20(12)29)32-16(5)26/h8,10-11,14,19-22,28-30H,9H2,1-7H3/b12-8+,13-10+/t14-,19+,20-,21+,22-,24-/m1/s1. The lowest BCUT2D eigenvalue weighted by Gasteiger charge is -2.41. The quantitative estimate of drug-likeness (QED) is 0.429. The van der Waals surface area contributed by atoms with Crippen LogP contribution in [0.25, 0.3) is 0 Å². The number of ketones is 1. The number of aliphatic hydroxyl groups is 3. The molecule has 0 heterocycles. The number of carbonyl (C=O) groups excluding carboxylic acids is 3. The van der Waals surface area contributed by atoms with E-state index in [0.717, 1.165) is 0 Å². The maximum atomic E-state index is 13.1. The molecule has 0 aromatic carbocycles. The maximum Gasteiger partial charge on any atom is 0.303 e. The molecular weight excluding hydrogens is 416 g/mol. The smallest absolute Gasteiger partial charge is 0.303 e. The number of hydrogen-bond donors (Lipinski definition) is 3. The van der Waals surface area contributed by atoms with Crippen LogP contribution in [0.3, 0.4) is 0 Å². The average Bonchev–Trinajstić information content (AvgIpc) is 2.92. The molecule has 2 aliphatic rings. The highest BCUT2D eigenvalue weighted by molar-refractivity contribution is 5.99. The van der Waals surface area contributed by atoms with E-state index in [1.54, 1.807) is 39.8 Å². The summed E-state index contributed by atoms with van der Waals surface area (Å²) in [5, 5.41) is 33.2. The summed E-state index contributed by atoms with van der Waals surface area (Å²) in [5.74, 6) is -2.48. The Hall–Kier alpha value is -2.29. The maximum absolute atomic E-state index is 13.1. The van der Waals surface area contributed by atoms with Crippen LogP contribution >= 0.6 is 0 Å². The van der Waals surface area contributed by atoms with Gasteiger partial charge in [-0.3, -0.25) is 14.4 Å². The van der Waals surface area contributed by atoms with Gasteiger partial charge < -0.3 is 24.8 Å². The topological polar surface area (TPSA) is 130 Å². The highest BCUT2D eigenvalue weighted by Crippen LogP contribution is 2.44. The first-order valence-electron chi connectivity index (χ1n) is 10.7. The second-order valence-electron chi connectivity index (χ2n) is 9.52. The molecule has 0 aromatic heterocycles. The molecule has 3 N–H and O–H groups in total. The Morgan fingerprint density at radius 3 is 2.22 bits per heavy atom. The van der Waals surface area contributed by atoms with Crippen LogP contribution in [0, 0.1) is 11.3 Å². The fraction of sp³-hybridized carbons (Fsp3) is 0.625. The van der Waals surface area contributed by atoms with Gasteiger partial charge in [-0.15, -0.1) is 0 Å². The number of hydrogen-bond acceptors (Lipinski definition) is 8. The number of Topliss-reactive ketones (excluding diaryl/α,β-unsaturated/α-hetero) is 1. The molecular formula is C24H34O8. The van der Waals surface area contributed by atoms with Crippen LogP contribution in [0.5, 0.6) is 0 Å². The summed E-state index contributed by atoms with van der Waals surface area (Å²) >= 11 is 0. The van der Waals surface area contributed by atoms with E-state index in [1.807, 2.05) is 0 Å². The van der Waals surface area contributed by atoms with Crippen molar-refractivity contribution in [3.05, 3.63) is 34.9 Å². The number of aliphatic hydroxyl groups excluding tert-OH is 3. The second kappa shape index (κ2) is 9.29. The summed E-state index contributed by atoms with van der Waals surface area (Å²) in [7, 11) is 0. The predicted molar refractivity (Wildman–Crippen MR) is 116 cm³/mol. The van der Waals surface area contributed by atoms with Crippen LogP contribution in [0.15, 0.2) is 34.9 Å². The van der Waals surface area contributed by atoms with E-state index >= 15 is 0 Å². The van der Waals surface area contributed by atoms with Gasteiger partial charge in [-0.25, -0.2) is 0 Å². The van der Waals surface area contributed by atoms with Gasteiger partial charge >= 0.3 is 11.9 Å². The zero-order valence-corrected chi connectivity index (χ0v) is 19.7. The lowest BCUT2D eigenvalue weighted by molar-refractivity contribution is -0.178. The monoisotopic (exact) mass is 450 g/mol. The highest BCUT2D eigenvalue weighted by Gasteiger charge is 2.56. The van der Waals surface area contributed by atoms with Crippen molar-refractivity contribution in [3.8, 4) is 0 Å².